The smallest absolute Gasteiger partial charge is 0.348 e. The van der Waals surface area contributed by atoms with Crippen LogP contribution in [0.15, 0.2) is 82.9 Å². The Morgan fingerprint density at radius 3 is 1.64 bits per heavy atom. The number of methoxy groups -OCH3 is 4. The highest BCUT2D eigenvalue weighted by Gasteiger charge is 2.41. The Morgan fingerprint density at radius 1 is 0.656 bits per heavy atom. The number of allylic oxidation sites excluding steroid dienone is 2. The number of rotatable bonds is 11. The van der Waals surface area contributed by atoms with Crippen LogP contribution in [-0.4, -0.2) is 80.5 Å². The number of nitrogens with zero attached hydrogens (tertiary/aromatic N) is 10. The summed E-state index contributed by atoms with van der Waals surface area (Å²) in [6, 6.07) is 7.81. The maximum atomic E-state index is 15.1. The number of ether oxygens (including phenoxy) is 4. The normalized spacial score (nSPS) is 15.5. The number of phenols is 1. The van der Waals surface area contributed by atoms with Gasteiger partial charge in [0, 0.05) is 64.3 Å². The number of halogens is 1. The molecule has 0 saturated carbocycles. The molecule has 0 fully saturated rings. The molecule has 2 aliphatic rings. The van der Waals surface area contributed by atoms with Gasteiger partial charge in [0.2, 0.25) is 0 Å². The highest BCUT2D eigenvalue weighted by Crippen LogP contribution is 2.39. The minimum Gasteiger partial charge on any atom is -0.505 e. The lowest BCUT2D eigenvalue weighted by Gasteiger charge is -2.37. The summed E-state index contributed by atoms with van der Waals surface area (Å²) < 4.78 is 46.0. The van der Waals surface area contributed by atoms with Gasteiger partial charge >= 0.3 is 22.8 Å². The Kier molecular flexibility index (Phi) is 10.0. The number of benzene rings is 3. The van der Waals surface area contributed by atoms with Gasteiger partial charge in [0.15, 0.2) is 34.6 Å². The van der Waals surface area contributed by atoms with Crippen LogP contribution in [0.5, 0.6) is 28.7 Å². The molecule has 4 aromatic heterocycles. The van der Waals surface area contributed by atoms with Crippen molar-refractivity contribution >= 4 is 22.1 Å². The van der Waals surface area contributed by atoms with Gasteiger partial charge in [-0.25, -0.2) is 61.4 Å². The van der Waals surface area contributed by atoms with Crippen molar-refractivity contribution < 1.29 is 28.4 Å². The van der Waals surface area contributed by atoms with Gasteiger partial charge in [-0.15, -0.1) is 0 Å². The van der Waals surface area contributed by atoms with Crippen molar-refractivity contribution in [3.63, 3.8) is 0 Å². The van der Waals surface area contributed by atoms with Crippen molar-refractivity contribution in [3.05, 3.63) is 140 Å². The van der Waals surface area contributed by atoms with Crippen LogP contribution in [0.3, 0.4) is 0 Å². The molecular weight excluding hydrogens is 840 g/mol. The fourth-order valence-corrected chi connectivity index (χ4v) is 8.81. The van der Waals surface area contributed by atoms with Gasteiger partial charge in [0.25, 0.3) is 11.1 Å². The third kappa shape index (κ3) is 6.26. The van der Waals surface area contributed by atoms with Crippen LogP contribution in [0, 0.1) is 5.82 Å². The molecule has 0 spiro atoms. The summed E-state index contributed by atoms with van der Waals surface area (Å²) in [6.45, 7) is -0.933. The van der Waals surface area contributed by atoms with E-state index >= 15 is 4.39 Å². The van der Waals surface area contributed by atoms with Gasteiger partial charge < -0.3 is 33.2 Å². The Labute approximate surface area is 358 Å². The van der Waals surface area contributed by atoms with Gasteiger partial charge in [0.05, 0.1) is 69.6 Å². The number of aromatic nitrogens is 10. The van der Waals surface area contributed by atoms with Gasteiger partial charge in [-0.05, 0) is 23.3 Å². The molecular formula is C42H41FN10O11. The summed E-state index contributed by atoms with van der Waals surface area (Å²) in [7, 11) is 8.99. The maximum absolute atomic E-state index is 15.1. The van der Waals surface area contributed by atoms with E-state index in [1.54, 1.807) is 44.4 Å². The standard InChI is InChI=1S/C42H41FN10O11/c1-46-28-18-34(63-5)32(61-3)16-26(28)44-24(37(46)55)10-12-48-39(57)50-14-9-22-30(52(50)41(48)59)20-51-40(58)49(42(60)53(51)36(22)21-7-8-31(54)23(43)15-21)13-11-25-38(56)47(2)29-19-35(64-6)33(62-4)17-27(29)45-25/h7-9,15-19,30,36,54H,10-14,20H2,1-6H3/t30-,36+/m1/s1. The predicted molar refractivity (Wildman–Crippen MR) is 227 cm³/mol. The van der Waals surface area contributed by atoms with E-state index in [4.69, 9.17) is 18.9 Å². The topological polar surface area (TPSA) is 225 Å². The van der Waals surface area contributed by atoms with E-state index < -0.39 is 57.5 Å². The molecule has 0 aliphatic carbocycles. The van der Waals surface area contributed by atoms with Crippen LogP contribution in [-0.2, 0) is 53.1 Å². The zero-order valence-electron chi connectivity index (χ0n) is 35.4. The number of hydrogen-bond acceptors (Lipinski definition) is 13. The second-order valence-corrected chi connectivity index (χ2v) is 15.4. The molecule has 3 aromatic carbocycles. The molecule has 2 aliphatic heterocycles. The Hall–Kier alpha value is -7.91. The van der Waals surface area contributed by atoms with Crippen LogP contribution in [0.2, 0.25) is 0 Å². The highest BCUT2D eigenvalue weighted by molar-refractivity contribution is 5.80. The average Bonchev–Trinajstić information content (AvgIpc) is 3.69. The molecule has 0 saturated heterocycles. The quantitative estimate of drug-likeness (QED) is 0.176. The number of fused-ring (bicyclic) bond motifs is 6. The minimum atomic E-state index is -1.18. The summed E-state index contributed by atoms with van der Waals surface area (Å²) in [6.07, 6.45) is 1.41. The summed E-state index contributed by atoms with van der Waals surface area (Å²) in [5, 5.41) is 10.1. The first-order valence-electron chi connectivity index (χ1n) is 20.0. The molecule has 64 heavy (non-hydrogen) atoms. The molecule has 0 amide bonds. The predicted octanol–water partition coefficient (Wildman–Crippen LogP) is 0.579. The van der Waals surface area contributed by atoms with E-state index in [1.165, 1.54) is 53.0 Å². The second kappa shape index (κ2) is 15.5. The molecule has 332 valence electrons. The first-order chi connectivity index (χ1) is 30.7. The molecule has 2 atom stereocenters. The lowest BCUT2D eigenvalue weighted by Crippen LogP contribution is -2.47. The lowest BCUT2D eigenvalue weighted by atomic mass is 9.90. The molecule has 0 bridgehead atoms. The molecule has 1 N–H and O–H groups in total. The van der Waals surface area contributed by atoms with Gasteiger partial charge in [-0.2, -0.15) is 0 Å². The van der Waals surface area contributed by atoms with Gasteiger partial charge in [-0.3, -0.25) is 9.59 Å². The van der Waals surface area contributed by atoms with E-state index in [1.807, 2.05) is 0 Å². The van der Waals surface area contributed by atoms with Crippen LogP contribution in [0.25, 0.3) is 22.1 Å². The van der Waals surface area contributed by atoms with E-state index in [0.29, 0.717) is 50.6 Å². The van der Waals surface area contributed by atoms with Crippen molar-refractivity contribution in [1.82, 2.24) is 47.0 Å². The summed E-state index contributed by atoms with van der Waals surface area (Å²) >= 11 is 0. The third-order valence-electron chi connectivity index (χ3n) is 12.1. The summed E-state index contributed by atoms with van der Waals surface area (Å²) in [5.74, 6) is -0.0745. The lowest BCUT2D eigenvalue weighted by molar-refractivity contribution is 0.245. The number of hydrogen-bond donors (Lipinski definition) is 1. The Morgan fingerprint density at radius 2 is 1.14 bits per heavy atom. The van der Waals surface area contributed by atoms with Crippen molar-refractivity contribution in [3.8, 4) is 28.7 Å². The molecule has 9 rings (SSSR count). The van der Waals surface area contributed by atoms with Crippen LogP contribution in [0.1, 0.15) is 29.0 Å². The van der Waals surface area contributed by atoms with Crippen LogP contribution >= 0.6 is 0 Å². The monoisotopic (exact) mass is 880 g/mol. The fourth-order valence-electron chi connectivity index (χ4n) is 8.81. The number of aryl methyl sites for hydroxylation is 4. The van der Waals surface area contributed by atoms with E-state index in [9.17, 15) is 33.9 Å². The zero-order chi connectivity index (χ0) is 45.5. The SMILES string of the molecule is COc1cc2nc(CCn3c(=O)n4n(c3=O)[C@@H]3Cn5c(=O)n(CCc6nc7cc(OC)c(OC)cc7n(C)c6=O)c(=O)n5[C@@H](c5ccc(O)c(F)c5)C3=CC4)c(=O)n(C)c2cc1OC. The second-order valence-electron chi connectivity index (χ2n) is 15.4. The van der Waals surface area contributed by atoms with Gasteiger partial charge in [0.1, 0.15) is 17.4 Å². The molecule has 0 unspecified atom stereocenters. The van der Waals surface area contributed by atoms with Crippen LogP contribution < -0.4 is 52.8 Å². The zero-order valence-corrected chi connectivity index (χ0v) is 35.4. The average molecular weight is 881 g/mol. The summed E-state index contributed by atoms with van der Waals surface area (Å²) in [5.41, 5.74) is -1.46. The van der Waals surface area contributed by atoms with Crippen molar-refractivity contribution in [2.75, 3.05) is 28.4 Å². The fraction of sp³-hybridized carbons (Fsp3) is 0.333. The van der Waals surface area contributed by atoms with Crippen LogP contribution in [0.4, 0.5) is 4.39 Å². The Bertz CT molecular complexity index is 3510. The van der Waals surface area contributed by atoms with Crippen molar-refractivity contribution in [2.45, 2.75) is 51.1 Å². The molecule has 22 heteroatoms. The number of aromatic hydroxyl groups is 1. The largest absolute Gasteiger partial charge is 0.505 e. The maximum Gasteiger partial charge on any atom is 0.348 e. The number of phenolic OH excluding ortho intramolecular Hbond substituents is 1. The molecule has 7 aromatic rings. The Balaban J connectivity index is 1.10. The van der Waals surface area contributed by atoms with Crippen molar-refractivity contribution in [2.24, 2.45) is 14.1 Å². The van der Waals surface area contributed by atoms with Gasteiger partial charge in [-0.1, -0.05) is 12.1 Å². The third-order valence-corrected chi connectivity index (χ3v) is 12.1. The first-order valence-corrected chi connectivity index (χ1v) is 20.0. The van der Waals surface area contributed by atoms with Crippen molar-refractivity contribution in [1.29, 1.82) is 0 Å². The summed E-state index contributed by atoms with van der Waals surface area (Å²) in [4.78, 5) is 93.2. The minimum absolute atomic E-state index is 0.0600. The molecule has 0 radical (unpaired) electrons. The highest BCUT2D eigenvalue weighted by atomic mass is 19.1. The van der Waals surface area contributed by atoms with E-state index in [2.05, 4.69) is 9.97 Å². The van der Waals surface area contributed by atoms with E-state index in [-0.39, 0.29) is 56.0 Å². The molecule has 21 nitrogen and oxygen atoms in total. The molecule has 6 heterocycles. The first kappa shape index (κ1) is 41.4. The van der Waals surface area contributed by atoms with E-state index in [0.717, 1.165) is 30.6 Å².